The molecule has 0 unspecified atom stereocenters. The lowest BCUT2D eigenvalue weighted by molar-refractivity contribution is 0.381. The predicted molar refractivity (Wildman–Crippen MR) is 75.7 cm³/mol. The van der Waals surface area contributed by atoms with E-state index < -0.39 is 29.1 Å². The van der Waals surface area contributed by atoms with Crippen LogP contribution in [0.1, 0.15) is 12.5 Å². The standard InChI is InChI=1S/C14H12BrF3N2O/c1-2-19-7-8-3-4-20-14(12(8)17)21-11-6-9(15)5-10(16)13(11)18/h3-6,19H,2,7H2,1H3. The van der Waals surface area contributed by atoms with Crippen molar-refractivity contribution in [3.05, 3.63) is 51.9 Å². The van der Waals surface area contributed by atoms with E-state index in [1.165, 1.54) is 18.3 Å². The monoisotopic (exact) mass is 360 g/mol. The highest BCUT2D eigenvalue weighted by Crippen LogP contribution is 2.30. The Bertz CT molecular complexity index is 652. The zero-order valence-corrected chi connectivity index (χ0v) is 12.7. The van der Waals surface area contributed by atoms with Crippen LogP contribution in [0.5, 0.6) is 11.6 Å². The van der Waals surface area contributed by atoms with Crippen LogP contribution in [-0.2, 0) is 6.54 Å². The Balaban J connectivity index is 2.32. The largest absolute Gasteiger partial charge is 0.433 e. The van der Waals surface area contributed by atoms with E-state index in [1.807, 2.05) is 6.92 Å². The minimum absolute atomic E-state index is 0.278. The normalized spacial score (nSPS) is 10.7. The smallest absolute Gasteiger partial charge is 0.256 e. The van der Waals surface area contributed by atoms with Gasteiger partial charge in [0.25, 0.3) is 5.88 Å². The van der Waals surface area contributed by atoms with Crippen LogP contribution < -0.4 is 10.1 Å². The maximum Gasteiger partial charge on any atom is 0.256 e. The average Bonchev–Trinajstić information content (AvgIpc) is 2.45. The van der Waals surface area contributed by atoms with E-state index in [4.69, 9.17) is 4.74 Å². The molecule has 0 aliphatic rings. The van der Waals surface area contributed by atoms with E-state index in [2.05, 4.69) is 26.2 Å². The van der Waals surface area contributed by atoms with Gasteiger partial charge < -0.3 is 10.1 Å². The molecule has 0 bridgehead atoms. The summed E-state index contributed by atoms with van der Waals surface area (Å²) < 4.78 is 46.4. The van der Waals surface area contributed by atoms with Crippen LogP contribution in [0.2, 0.25) is 0 Å². The van der Waals surface area contributed by atoms with Gasteiger partial charge in [-0.05, 0) is 24.7 Å². The van der Waals surface area contributed by atoms with Gasteiger partial charge in [-0.15, -0.1) is 0 Å². The van der Waals surface area contributed by atoms with Gasteiger partial charge in [-0.1, -0.05) is 22.9 Å². The topological polar surface area (TPSA) is 34.2 Å². The van der Waals surface area contributed by atoms with Crippen LogP contribution in [0.15, 0.2) is 28.9 Å². The van der Waals surface area contributed by atoms with E-state index in [0.29, 0.717) is 12.1 Å². The molecule has 0 amide bonds. The van der Waals surface area contributed by atoms with Crippen molar-refractivity contribution in [1.29, 1.82) is 0 Å². The van der Waals surface area contributed by atoms with Crippen LogP contribution in [0.25, 0.3) is 0 Å². The summed E-state index contributed by atoms with van der Waals surface area (Å²) in [5, 5.41) is 2.96. The number of hydrogen-bond acceptors (Lipinski definition) is 3. The van der Waals surface area contributed by atoms with Crippen molar-refractivity contribution in [1.82, 2.24) is 10.3 Å². The van der Waals surface area contributed by atoms with Crippen LogP contribution in [0, 0.1) is 17.5 Å². The first-order valence-electron chi connectivity index (χ1n) is 6.19. The molecule has 0 spiro atoms. The zero-order valence-electron chi connectivity index (χ0n) is 11.1. The molecule has 2 rings (SSSR count). The first-order valence-corrected chi connectivity index (χ1v) is 6.98. The Morgan fingerprint density at radius 1 is 1.24 bits per heavy atom. The van der Waals surface area contributed by atoms with Crippen molar-refractivity contribution in [2.45, 2.75) is 13.5 Å². The molecule has 21 heavy (non-hydrogen) atoms. The molecule has 1 aromatic heterocycles. The van der Waals surface area contributed by atoms with Crippen LogP contribution in [0.3, 0.4) is 0 Å². The Kier molecular flexibility index (Phi) is 5.19. The second kappa shape index (κ2) is 6.91. The van der Waals surface area contributed by atoms with Gasteiger partial charge in [0.1, 0.15) is 0 Å². The number of aromatic nitrogens is 1. The SMILES string of the molecule is CCNCc1ccnc(Oc2cc(Br)cc(F)c2F)c1F. The fourth-order valence-corrected chi connectivity index (χ4v) is 2.05. The number of rotatable bonds is 5. The van der Waals surface area contributed by atoms with Gasteiger partial charge in [0.2, 0.25) is 5.82 Å². The summed E-state index contributed by atoms with van der Waals surface area (Å²) in [6.45, 7) is 2.84. The van der Waals surface area contributed by atoms with E-state index in [1.54, 1.807) is 0 Å². The average molecular weight is 361 g/mol. The molecule has 2 aromatic rings. The number of nitrogens with one attached hydrogen (secondary N) is 1. The van der Waals surface area contributed by atoms with Crippen molar-refractivity contribution in [3.63, 3.8) is 0 Å². The number of halogens is 4. The van der Waals surface area contributed by atoms with E-state index in [-0.39, 0.29) is 11.0 Å². The lowest BCUT2D eigenvalue weighted by Gasteiger charge is -2.10. The van der Waals surface area contributed by atoms with Gasteiger partial charge in [-0.2, -0.15) is 4.39 Å². The molecular formula is C14H12BrF3N2O. The molecule has 0 fully saturated rings. The minimum Gasteiger partial charge on any atom is -0.433 e. The highest BCUT2D eigenvalue weighted by atomic mass is 79.9. The van der Waals surface area contributed by atoms with Crippen LogP contribution in [-0.4, -0.2) is 11.5 Å². The Morgan fingerprint density at radius 3 is 2.71 bits per heavy atom. The zero-order chi connectivity index (χ0) is 15.4. The molecule has 3 nitrogen and oxygen atoms in total. The van der Waals surface area contributed by atoms with Crippen LogP contribution in [0.4, 0.5) is 13.2 Å². The minimum atomic E-state index is -1.20. The second-order valence-electron chi connectivity index (χ2n) is 4.17. The summed E-state index contributed by atoms with van der Waals surface area (Å²) >= 11 is 3.02. The quantitative estimate of drug-likeness (QED) is 0.812. The molecule has 0 radical (unpaired) electrons. The van der Waals surface area contributed by atoms with Crippen molar-refractivity contribution in [2.75, 3.05) is 6.54 Å². The first-order chi connectivity index (χ1) is 10.0. The fraction of sp³-hybridized carbons (Fsp3) is 0.214. The summed E-state index contributed by atoms with van der Waals surface area (Å²) in [7, 11) is 0. The summed E-state index contributed by atoms with van der Waals surface area (Å²) in [5.74, 6) is -3.84. The molecule has 1 aromatic carbocycles. The fourth-order valence-electron chi connectivity index (χ4n) is 1.64. The highest BCUT2D eigenvalue weighted by molar-refractivity contribution is 9.10. The van der Waals surface area contributed by atoms with Gasteiger partial charge in [0.15, 0.2) is 17.4 Å². The summed E-state index contributed by atoms with van der Waals surface area (Å²) in [6.07, 6.45) is 1.34. The molecule has 0 saturated carbocycles. The number of nitrogens with zero attached hydrogens (tertiary/aromatic N) is 1. The lowest BCUT2D eigenvalue weighted by atomic mass is 10.2. The molecule has 0 aliphatic carbocycles. The van der Waals surface area contributed by atoms with E-state index in [9.17, 15) is 13.2 Å². The Hall–Kier alpha value is -1.60. The van der Waals surface area contributed by atoms with E-state index in [0.717, 1.165) is 6.07 Å². The third-order valence-corrected chi connectivity index (χ3v) is 3.13. The van der Waals surface area contributed by atoms with Crippen molar-refractivity contribution < 1.29 is 17.9 Å². The van der Waals surface area contributed by atoms with Crippen molar-refractivity contribution in [3.8, 4) is 11.6 Å². The molecule has 0 atom stereocenters. The third kappa shape index (κ3) is 3.74. The first kappa shape index (κ1) is 15.8. The Morgan fingerprint density at radius 2 is 2.00 bits per heavy atom. The summed E-state index contributed by atoms with van der Waals surface area (Å²) in [4.78, 5) is 3.71. The molecule has 0 saturated heterocycles. The lowest BCUT2D eigenvalue weighted by Crippen LogP contribution is -2.13. The number of pyridine rings is 1. The number of benzene rings is 1. The molecule has 0 aliphatic heterocycles. The van der Waals surface area contributed by atoms with Gasteiger partial charge in [0, 0.05) is 22.8 Å². The highest BCUT2D eigenvalue weighted by Gasteiger charge is 2.16. The van der Waals surface area contributed by atoms with Gasteiger partial charge in [-0.25, -0.2) is 13.8 Å². The molecule has 1 N–H and O–H groups in total. The maximum absolute atomic E-state index is 14.2. The molecular weight excluding hydrogens is 349 g/mol. The molecule has 1 heterocycles. The molecule has 7 heteroatoms. The predicted octanol–water partition coefficient (Wildman–Crippen LogP) is 4.16. The van der Waals surface area contributed by atoms with Crippen molar-refractivity contribution in [2.24, 2.45) is 0 Å². The van der Waals surface area contributed by atoms with Gasteiger partial charge >= 0.3 is 0 Å². The van der Waals surface area contributed by atoms with E-state index >= 15 is 0 Å². The van der Waals surface area contributed by atoms with Gasteiger partial charge in [0.05, 0.1) is 0 Å². The summed E-state index contributed by atoms with van der Waals surface area (Å²) in [5.41, 5.74) is 0.331. The maximum atomic E-state index is 14.2. The summed E-state index contributed by atoms with van der Waals surface area (Å²) in [6, 6.07) is 3.65. The Labute approximate surface area is 128 Å². The molecule has 112 valence electrons. The number of hydrogen-bond donors (Lipinski definition) is 1. The third-order valence-electron chi connectivity index (χ3n) is 2.67. The van der Waals surface area contributed by atoms with Crippen LogP contribution >= 0.6 is 15.9 Å². The van der Waals surface area contributed by atoms with Gasteiger partial charge in [-0.3, -0.25) is 0 Å². The number of ether oxygens (including phenoxy) is 1. The van der Waals surface area contributed by atoms with Crippen molar-refractivity contribution >= 4 is 15.9 Å². The second-order valence-corrected chi connectivity index (χ2v) is 5.09.